The van der Waals surface area contributed by atoms with Crippen LogP contribution in [0, 0.1) is 39.9 Å². The van der Waals surface area contributed by atoms with Crippen molar-refractivity contribution in [2.24, 2.45) is 16.7 Å². The van der Waals surface area contributed by atoms with Gasteiger partial charge in [-0.25, -0.2) is 4.79 Å². The fourth-order valence-electron chi connectivity index (χ4n) is 5.58. The van der Waals surface area contributed by atoms with Crippen molar-refractivity contribution in [3.05, 3.63) is 60.2 Å². The molecule has 4 rings (SSSR count). The second-order valence-corrected chi connectivity index (χ2v) is 10.2. The van der Waals surface area contributed by atoms with E-state index in [9.17, 15) is 20.0 Å². The molecule has 0 amide bonds. The lowest BCUT2D eigenvalue weighted by Crippen LogP contribution is -2.29. The molecular weight excluding hydrogens is 442 g/mol. The van der Waals surface area contributed by atoms with Gasteiger partial charge in [0.05, 0.1) is 12.0 Å². The molecule has 0 radical (unpaired) electrons. The van der Waals surface area contributed by atoms with Crippen molar-refractivity contribution in [2.45, 2.75) is 58.0 Å². The quantitative estimate of drug-likeness (QED) is 0.330. The standard InChI is InChI=1S/C29H29NO5/c1-27(2)24(14-15-25(31)35-28(3)16-7-8-17-28)29(27,26(32)33)23(19-30)20-10-9-13-22(18-20)34-21-11-5-4-6-12-21/h4-6,9-13,18,23-24H,7-8,16-17H2,1-3H3,(H,32,33)/t23-,24-,29+/m0/s1. The van der Waals surface area contributed by atoms with Crippen LogP contribution in [0.4, 0.5) is 0 Å². The molecule has 2 aromatic rings. The summed E-state index contributed by atoms with van der Waals surface area (Å²) >= 11 is 0. The Labute approximate surface area is 205 Å². The highest BCUT2D eigenvalue weighted by atomic mass is 16.6. The second-order valence-electron chi connectivity index (χ2n) is 10.2. The summed E-state index contributed by atoms with van der Waals surface area (Å²) in [5, 5.41) is 20.5. The Hall–Kier alpha value is -3.77. The van der Waals surface area contributed by atoms with Crippen molar-refractivity contribution in [1.29, 1.82) is 5.26 Å². The zero-order valence-corrected chi connectivity index (χ0v) is 20.2. The number of esters is 1. The Bertz CT molecular complexity index is 1230. The highest BCUT2D eigenvalue weighted by molar-refractivity contribution is 5.90. The minimum atomic E-state index is -1.47. The minimum Gasteiger partial charge on any atom is -0.481 e. The van der Waals surface area contributed by atoms with E-state index in [0.29, 0.717) is 17.1 Å². The van der Waals surface area contributed by atoms with E-state index in [0.717, 1.165) is 25.7 Å². The molecule has 2 saturated carbocycles. The molecule has 0 unspecified atom stereocenters. The Balaban J connectivity index is 1.61. The summed E-state index contributed by atoms with van der Waals surface area (Å²) in [5.74, 6) is 3.08. The topological polar surface area (TPSA) is 96.6 Å². The third kappa shape index (κ3) is 4.37. The summed E-state index contributed by atoms with van der Waals surface area (Å²) in [6.45, 7) is 5.45. The molecule has 0 aliphatic heterocycles. The van der Waals surface area contributed by atoms with E-state index < -0.39 is 40.2 Å². The lowest BCUT2D eigenvalue weighted by molar-refractivity contribution is -0.150. The predicted octanol–water partition coefficient (Wildman–Crippen LogP) is 5.69. The van der Waals surface area contributed by atoms with Gasteiger partial charge < -0.3 is 14.6 Å². The summed E-state index contributed by atoms with van der Waals surface area (Å²) < 4.78 is 11.5. The van der Waals surface area contributed by atoms with Crippen molar-refractivity contribution in [1.82, 2.24) is 0 Å². The number of carboxylic acid groups (broad SMARTS) is 1. The Morgan fingerprint density at radius 1 is 1.03 bits per heavy atom. The molecule has 1 N–H and O–H groups in total. The van der Waals surface area contributed by atoms with Crippen LogP contribution in [0.3, 0.4) is 0 Å². The van der Waals surface area contributed by atoms with Crippen molar-refractivity contribution in [2.75, 3.05) is 0 Å². The molecule has 3 atom stereocenters. The zero-order chi connectivity index (χ0) is 25.3. The lowest BCUT2D eigenvalue weighted by atomic mass is 9.78. The Morgan fingerprint density at radius 3 is 2.31 bits per heavy atom. The van der Waals surface area contributed by atoms with Crippen molar-refractivity contribution < 1.29 is 24.2 Å². The van der Waals surface area contributed by atoms with Crippen LogP contribution in [0.2, 0.25) is 0 Å². The van der Waals surface area contributed by atoms with Gasteiger partial charge in [-0.2, -0.15) is 5.26 Å². The van der Waals surface area contributed by atoms with Gasteiger partial charge in [-0.15, -0.1) is 0 Å². The highest BCUT2D eigenvalue weighted by Gasteiger charge is 2.79. The van der Waals surface area contributed by atoms with Crippen LogP contribution in [0.5, 0.6) is 11.5 Å². The summed E-state index contributed by atoms with van der Waals surface area (Å²) in [6, 6.07) is 18.3. The third-order valence-electron chi connectivity index (χ3n) is 7.59. The molecule has 0 aromatic heterocycles. The smallest absolute Gasteiger partial charge is 0.384 e. The number of carboxylic acids is 1. The van der Waals surface area contributed by atoms with E-state index in [-0.39, 0.29) is 0 Å². The number of benzene rings is 2. The second kappa shape index (κ2) is 9.12. The summed E-state index contributed by atoms with van der Waals surface area (Å²) in [5.41, 5.74) is -2.29. The van der Waals surface area contributed by atoms with Gasteiger partial charge >= 0.3 is 11.9 Å². The number of para-hydroxylation sites is 1. The van der Waals surface area contributed by atoms with Gasteiger partial charge in [0, 0.05) is 11.8 Å². The van der Waals surface area contributed by atoms with Gasteiger partial charge in [0.2, 0.25) is 0 Å². The number of carbonyl (C=O) groups excluding carboxylic acids is 1. The molecule has 0 bridgehead atoms. The monoisotopic (exact) mass is 471 g/mol. The normalized spacial score (nSPS) is 24.2. The molecular formula is C29H29NO5. The van der Waals surface area contributed by atoms with Gasteiger partial charge in [0.1, 0.15) is 22.5 Å². The van der Waals surface area contributed by atoms with E-state index in [1.54, 1.807) is 38.1 Å². The maximum absolute atomic E-state index is 12.7. The molecule has 6 heteroatoms. The summed E-state index contributed by atoms with van der Waals surface area (Å²) in [6.07, 6.45) is 3.61. The molecule has 0 heterocycles. The molecule has 0 saturated heterocycles. The summed E-state index contributed by atoms with van der Waals surface area (Å²) in [7, 11) is 0. The van der Waals surface area contributed by atoms with Gasteiger partial charge in [0.15, 0.2) is 0 Å². The number of nitrogens with zero attached hydrogens (tertiary/aromatic N) is 1. The largest absolute Gasteiger partial charge is 0.481 e. The van der Waals surface area contributed by atoms with Crippen LogP contribution in [0.25, 0.3) is 0 Å². The molecule has 6 nitrogen and oxygen atoms in total. The molecule has 35 heavy (non-hydrogen) atoms. The highest BCUT2D eigenvalue weighted by Crippen LogP contribution is 2.74. The van der Waals surface area contributed by atoms with Crippen LogP contribution >= 0.6 is 0 Å². The first-order chi connectivity index (χ1) is 16.6. The van der Waals surface area contributed by atoms with Gasteiger partial charge in [-0.1, -0.05) is 50.1 Å². The first kappa shape index (κ1) is 24.4. The van der Waals surface area contributed by atoms with Crippen LogP contribution < -0.4 is 4.74 Å². The minimum absolute atomic E-state index is 0.504. The van der Waals surface area contributed by atoms with Gasteiger partial charge in [0.25, 0.3) is 0 Å². The fraction of sp³-hybridized carbons (Fsp3) is 0.414. The average Bonchev–Trinajstić information content (AvgIpc) is 3.06. The number of nitriles is 1. The first-order valence-electron chi connectivity index (χ1n) is 11.8. The Morgan fingerprint density at radius 2 is 1.69 bits per heavy atom. The van der Waals surface area contributed by atoms with E-state index in [2.05, 4.69) is 17.9 Å². The van der Waals surface area contributed by atoms with Crippen LogP contribution in [0.1, 0.15) is 57.9 Å². The molecule has 2 aromatic carbocycles. The lowest BCUT2D eigenvalue weighted by Gasteiger charge is -2.22. The molecule has 2 aliphatic rings. The Kier molecular flexibility index (Phi) is 6.34. The van der Waals surface area contributed by atoms with Gasteiger partial charge in [-0.05, 0) is 67.9 Å². The average molecular weight is 472 g/mol. The van der Waals surface area contributed by atoms with Crippen LogP contribution in [-0.2, 0) is 14.3 Å². The fourth-order valence-corrected chi connectivity index (χ4v) is 5.58. The maximum atomic E-state index is 12.7. The van der Waals surface area contributed by atoms with Gasteiger partial charge in [-0.3, -0.25) is 4.79 Å². The molecule has 180 valence electrons. The zero-order valence-electron chi connectivity index (χ0n) is 20.2. The molecule has 2 fully saturated rings. The molecule has 2 aliphatic carbocycles. The van der Waals surface area contributed by atoms with E-state index in [1.807, 2.05) is 37.3 Å². The predicted molar refractivity (Wildman–Crippen MR) is 129 cm³/mol. The van der Waals surface area contributed by atoms with Crippen LogP contribution in [-0.4, -0.2) is 22.6 Å². The number of carbonyl (C=O) groups is 2. The number of rotatable bonds is 6. The number of hydrogen-bond acceptors (Lipinski definition) is 5. The van der Waals surface area contributed by atoms with E-state index >= 15 is 0 Å². The van der Waals surface area contributed by atoms with Crippen molar-refractivity contribution in [3.8, 4) is 29.4 Å². The molecule has 0 spiro atoms. The van der Waals surface area contributed by atoms with E-state index in [1.165, 1.54) is 0 Å². The number of ether oxygens (including phenoxy) is 2. The van der Waals surface area contributed by atoms with Crippen molar-refractivity contribution >= 4 is 11.9 Å². The van der Waals surface area contributed by atoms with Crippen LogP contribution in [0.15, 0.2) is 54.6 Å². The summed E-state index contributed by atoms with van der Waals surface area (Å²) in [4.78, 5) is 25.1. The SMILES string of the molecule is CC1(OC(=O)C#C[C@H]2C(C)(C)[C@]2(C(=O)O)[C@@H](C#N)c2cccc(Oc3ccccc3)c2)CCCC1. The van der Waals surface area contributed by atoms with E-state index in [4.69, 9.17) is 9.47 Å². The number of aliphatic carboxylic acids is 1. The maximum Gasteiger partial charge on any atom is 0.384 e. The van der Waals surface area contributed by atoms with Crippen molar-refractivity contribution in [3.63, 3.8) is 0 Å². The number of hydrogen-bond donors (Lipinski definition) is 1. The first-order valence-corrected chi connectivity index (χ1v) is 11.8. The third-order valence-corrected chi connectivity index (χ3v) is 7.59.